The van der Waals surface area contributed by atoms with E-state index in [4.69, 9.17) is 0 Å². The Morgan fingerprint density at radius 2 is 2.00 bits per heavy atom. The number of hydrogen-bond donors (Lipinski definition) is 1. The fourth-order valence-electron chi connectivity index (χ4n) is 6.11. The molecule has 2 fully saturated rings. The number of hydrogen-bond acceptors (Lipinski definition) is 2. The average Bonchev–Trinajstić information content (AvgIpc) is 2.71. The minimum atomic E-state index is -1.36. The van der Waals surface area contributed by atoms with Crippen molar-refractivity contribution in [1.29, 1.82) is 0 Å². The Morgan fingerprint density at radius 1 is 1.26 bits per heavy atom. The van der Waals surface area contributed by atoms with Crippen LogP contribution in [0.4, 0.5) is 4.39 Å². The van der Waals surface area contributed by atoms with Gasteiger partial charge in [-0.1, -0.05) is 31.1 Å². The third-order valence-corrected chi connectivity index (χ3v) is 7.91. The number of ketones is 1. The van der Waals surface area contributed by atoms with Gasteiger partial charge in [0.05, 0.1) is 5.60 Å². The average molecular weight is 318 g/mol. The molecule has 0 spiro atoms. The molecular formula is C20H27FO2. The molecule has 126 valence electrons. The smallest absolute Gasteiger partial charge is 0.189 e. The summed E-state index contributed by atoms with van der Waals surface area (Å²) in [5.74, 6) is 0.567. The van der Waals surface area contributed by atoms with Crippen molar-refractivity contribution in [3.8, 4) is 0 Å². The van der Waals surface area contributed by atoms with E-state index in [1.54, 1.807) is 6.08 Å². The number of aliphatic hydroxyl groups is 1. The standard InChI is InChI=1S/C20H27FO2/c1-18-11-16(21)17(22)10-12(18)4-5-13-14(18)6-8-19(2)15(13)7-9-20(19,3)23/h6,10,13,15-16,23H,4-5,7-9,11H2,1-3H3/t13-,15+,16-,18+,19+,20+/m1/s1. The Balaban J connectivity index is 1.78. The Labute approximate surface area is 137 Å². The normalized spacial score (nSPS) is 52.2. The Bertz CT molecular complexity index is 632. The lowest BCUT2D eigenvalue weighted by atomic mass is 9.51. The van der Waals surface area contributed by atoms with Crippen LogP contribution in [0.1, 0.15) is 59.3 Å². The first-order valence-electron chi connectivity index (χ1n) is 9.01. The van der Waals surface area contributed by atoms with Gasteiger partial charge in [0.15, 0.2) is 12.0 Å². The van der Waals surface area contributed by atoms with Gasteiger partial charge in [0.1, 0.15) is 0 Å². The van der Waals surface area contributed by atoms with Crippen LogP contribution in [-0.4, -0.2) is 22.7 Å². The van der Waals surface area contributed by atoms with E-state index in [-0.39, 0.29) is 16.6 Å². The van der Waals surface area contributed by atoms with Gasteiger partial charge in [-0.25, -0.2) is 4.39 Å². The van der Waals surface area contributed by atoms with Gasteiger partial charge in [-0.2, -0.15) is 0 Å². The van der Waals surface area contributed by atoms with E-state index in [1.165, 1.54) is 5.57 Å². The van der Waals surface area contributed by atoms with Crippen LogP contribution in [0.15, 0.2) is 23.3 Å². The summed E-state index contributed by atoms with van der Waals surface area (Å²) >= 11 is 0. The second kappa shape index (κ2) is 4.56. The largest absolute Gasteiger partial charge is 0.390 e. The van der Waals surface area contributed by atoms with Crippen molar-refractivity contribution in [2.24, 2.45) is 22.7 Å². The highest BCUT2D eigenvalue weighted by Gasteiger charge is 2.60. The molecule has 0 aliphatic heterocycles. The van der Waals surface area contributed by atoms with Crippen molar-refractivity contribution in [1.82, 2.24) is 0 Å². The van der Waals surface area contributed by atoms with E-state index in [2.05, 4.69) is 19.9 Å². The Morgan fingerprint density at radius 3 is 2.74 bits per heavy atom. The minimum absolute atomic E-state index is 0.0711. The monoisotopic (exact) mass is 318 g/mol. The topological polar surface area (TPSA) is 37.3 Å². The maximum Gasteiger partial charge on any atom is 0.189 e. The summed E-state index contributed by atoms with van der Waals surface area (Å²) in [5.41, 5.74) is 1.52. The van der Waals surface area contributed by atoms with Gasteiger partial charge in [0.25, 0.3) is 0 Å². The second-order valence-electron chi connectivity index (χ2n) is 8.92. The molecule has 0 aromatic heterocycles. The molecule has 0 amide bonds. The van der Waals surface area contributed by atoms with Crippen molar-refractivity contribution in [2.45, 2.75) is 71.1 Å². The van der Waals surface area contributed by atoms with Gasteiger partial charge in [-0.05, 0) is 63.4 Å². The molecule has 4 aliphatic carbocycles. The van der Waals surface area contributed by atoms with E-state index in [0.717, 1.165) is 37.7 Å². The molecule has 3 heteroatoms. The van der Waals surface area contributed by atoms with Crippen LogP contribution >= 0.6 is 0 Å². The number of allylic oxidation sites excluding steroid dienone is 4. The van der Waals surface area contributed by atoms with Gasteiger partial charge in [0.2, 0.25) is 0 Å². The van der Waals surface area contributed by atoms with Crippen molar-refractivity contribution in [2.75, 3.05) is 0 Å². The summed E-state index contributed by atoms with van der Waals surface area (Å²) in [6.07, 6.45) is 7.53. The molecule has 0 bridgehead atoms. The van der Waals surface area contributed by atoms with Crippen LogP contribution in [0, 0.1) is 22.7 Å². The SMILES string of the molecule is C[C@]12C[C@@H](F)C(=O)C=C1CC[C@@H]1C2=CC[C@@]2(C)[C@H]1CC[C@]2(C)O. The number of rotatable bonds is 0. The molecule has 1 N–H and O–H groups in total. The highest BCUT2D eigenvalue weighted by molar-refractivity contribution is 5.95. The van der Waals surface area contributed by atoms with Crippen LogP contribution in [0.5, 0.6) is 0 Å². The maximum absolute atomic E-state index is 14.2. The molecule has 6 atom stereocenters. The van der Waals surface area contributed by atoms with Gasteiger partial charge in [0, 0.05) is 10.8 Å². The minimum Gasteiger partial charge on any atom is -0.390 e. The molecule has 0 heterocycles. The van der Waals surface area contributed by atoms with Crippen LogP contribution in [-0.2, 0) is 4.79 Å². The van der Waals surface area contributed by atoms with Gasteiger partial charge in [-0.15, -0.1) is 0 Å². The zero-order valence-electron chi connectivity index (χ0n) is 14.4. The predicted octanol–water partition coefficient (Wildman–Crippen LogP) is 4.14. The molecule has 0 saturated heterocycles. The fourth-order valence-corrected chi connectivity index (χ4v) is 6.11. The number of fused-ring (bicyclic) bond motifs is 5. The first-order valence-corrected chi connectivity index (χ1v) is 9.01. The van der Waals surface area contributed by atoms with E-state index < -0.39 is 11.8 Å². The van der Waals surface area contributed by atoms with E-state index in [1.807, 2.05) is 6.92 Å². The number of carbonyl (C=O) groups is 1. The first-order chi connectivity index (χ1) is 10.7. The molecular weight excluding hydrogens is 291 g/mol. The Kier molecular flexibility index (Phi) is 3.09. The number of alkyl halides is 1. The van der Waals surface area contributed by atoms with Crippen molar-refractivity contribution in [3.63, 3.8) is 0 Å². The molecule has 0 radical (unpaired) electrons. The highest BCUT2D eigenvalue weighted by atomic mass is 19.1. The predicted molar refractivity (Wildman–Crippen MR) is 87.6 cm³/mol. The van der Waals surface area contributed by atoms with Crippen LogP contribution in [0.25, 0.3) is 0 Å². The Hall–Kier alpha value is -0.960. The molecule has 0 aromatic carbocycles. The summed E-state index contributed by atoms with van der Waals surface area (Å²) in [4.78, 5) is 11.8. The summed E-state index contributed by atoms with van der Waals surface area (Å²) in [6.45, 7) is 6.35. The van der Waals surface area contributed by atoms with Gasteiger partial charge in [-0.3, -0.25) is 4.79 Å². The summed E-state index contributed by atoms with van der Waals surface area (Å²) in [6, 6.07) is 0. The summed E-state index contributed by atoms with van der Waals surface area (Å²) in [5, 5.41) is 10.9. The van der Waals surface area contributed by atoms with E-state index >= 15 is 0 Å². The molecule has 0 unspecified atom stereocenters. The summed E-state index contributed by atoms with van der Waals surface area (Å²) in [7, 11) is 0. The molecule has 2 saturated carbocycles. The lowest BCUT2D eigenvalue weighted by molar-refractivity contribution is -0.121. The molecule has 23 heavy (non-hydrogen) atoms. The number of halogens is 1. The first kappa shape index (κ1) is 15.6. The highest BCUT2D eigenvalue weighted by Crippen LogP contribution is 2.65. The van der Waals surface area contributed by atoms with Gasteiger partial charge >= 0.3 is 0 Å². The zero-order chi connectivity index (χ0) is 16.6. The lowest BCUT2D eigenvalue weighted by Crippen LogP contribution is -2.50. The van der Waals surface area contributed by atoms with Crippen molar-refractivity contribution in [3.05, 3.63) is 23.3 Å². The molecule has 0 aromatic rings. The quantitative estimate of drug-likeness (QED) is 0.682. The van der Waals surface area contributed by atoms with Crippen molar-refractivity contribution < 1.29 is 14.3 Å². The fraction of sp³-hybridized carbons (Fsp3) is 0.750. The van der Waals surface area contributed by atoms with Crippen LogP contribution < -0.4 is 0 Å². The molecule has 4 rings (SSSR count). The zero-order valence-corrected chi connectivity index (χ0v) is 14.4. The number of carbonyl (C=O) groups excluding carboxylic acids is 1. The molecule has 4 aliphatic rings. The van der Waals surface area contributed by atoms with Crippen LogP contribution in [0.2, 0.25) is 0 Å². The third kappa shape index (κ3) is 1.86. The van der Waals surface area contributed by atoms with E-state index in [0.29, 0.717) is 18.3 Å². The maximum atomic E-state index is 14.2. The van der Waals surface area contributed by atoms with Gasteiger partial charge < -0.3 is 5.11 Å². The lowest BCUT2D eigenvalue weighted by Gasteiger charge is -2.54. The second-order valence-corrected chi connectivity index (χ2v) is 8.92. The van der Waals surface area contributed by atoms with Crippen LogP contribution in [0.3, 0.4) is 0 Å². The molecule has 2 nitrogen and oxygen atoms in total. The summed E-state index contributed by atoms with van der Waals surface area (Å²) < 4.78 is 14.2. The van der Waals surface area contributed by atoms with Crippen molar-refractivity contribution >= 4 is 5.78 Å². The van der Waals surface area contributed by atoms with E-state index in [9.17, 15) is 14.3 Å². The third-order valence-electron chi connectivity index (χ3n) is 7.91.